The van der Waals surface area contributed by atoms with Crippen molar-refractivity contribution in [1.82, 2.24) is 20.1 Å². The third kappa shape index (κ3) is 5.29. The number of rotatable bonds is 10. The molecule has 1 amide bonds. The molecule has 1 N–H and O–H groups in total. The molecule has 4 aliphatic rings. The van der Waals surface area contributed by atoms with Crippen LogP contribution in [0.4, 0.5) is 0 Å². The van der Waals surface area contributed by atoms with E-state index in [1.54, 1.807) is 0 Å². The van der Waals surface area contributed by atoms with E-state index >= 15 is 0 Å². The number of ether oxygens (including phenoxy) is 1. The van der Waals surface area contributed by atoms with E-state index in [0.29, 0.717) is 18.3 Å². The fourth-order valence-electron chi connectivity index (χ4n) is 6.78. The van der Waals surface area contributed by atoms with Crippen molar-refractivity contribution in [3.63, 3.8) is 0 Å². The smallest absolute Gasteiger partial charge is 0.230 e. The van der Waals surface area contributed by atoms with E-state index in [0.717, 1.165) is 47.4 Å². The predicted octanol–water partition coefficient (Wildman–Crippen LogP) is 5.25. The number of hydrogen-bond donors (Lipinski definition) is 1. The molecular weight excluding hydrogens is 444 g/mol. The second kappa shape index (κ2) is 9.92. The number of carbonyl (C=O) groups excluding carboxylic acids is 1. The number of thioether (sulfide) groups is 1. The highest BCUT2D eigenvalue weighted by atomic mass is 32.2. The van der Waals surface area contributed by atoms with Crippen molar-refractivity contribution in [1.29, 1.82) is 0 Å². The molecule has 7 heteroatoms. The quantitative estimate of drug-likeness (QED) is 0.468. The Morgan fingerprint density at radius 1 is 1.12 bits per heavy atom. The van der Waals surface area contributed by atoms with Crippen LogP contribution in [0.25, 0.3) is 0 Å². The van der Waals surface area contributed by atoms with Crippen LogP contribution in [0.15, 0.2) is 29.4 Å². The third-order valence-corrected chi connectivity index (χ3v) is 8.78. The van der Waals surface area contributed by atoms with E-state index in [1.807, 2.05) is 12.1 Å². The van der Waals surface area contributed by atoms with Gasteiger partial charge in [-0.3, -0.25) is 4.79 Å². The number of benzene rings is 1. The van der Waals surface area contributed by atoms with Gasteiger partial charge in [0, 0.05) is 12.1 Å². The molecule has 4 fully saturated rings. The maximum Gasteiger partial charge on any atom is 0.230 e. The molecule has 1 aromatic carbocycles. The summed E-state index contributed by atoms with van der Waals surface area (Å²) < 4.78 is 8.12. The van der Waals surface area contributed by atoms with Crippen molar-refractivity contribution in [3.05, 3.63) is 35.7 Å². The zero-order valence-corrected chi connectivity index (χ0v) is 21.6. The van der Waals surface area contributed by atoms with Crippen molar-refractivity contribution in [3.8, 4) is 5.75 Å². The first kappa shape index (κ1) is 23.7. The Morgan fingerprint density at radius 3 is 2.35 bits per heavy atom. The fourth-order valence-corrected chi connectivity index (χ4v) is 7.54. The van der Waals surface area contributed by atoms with Crippen LogP contribution in [-0.2, 0) is 24.4 Å². The van der Waals surface area contributed by atoms with Gasteiger partial charge in [0.1, 0.15) is 12.4 Å². The molecule has 0 saturated heterocycles. The standard InChI is InChI=1S/C27H38N4O2S/c1-4-19-5-7-23(8-6-19)33-16-24-29-30-26(31(24)15-18(2)3)34-17-25(32)28-27-12-20-9-21(13-27)11-22(10-20)14-27/h5-8,18,20-22H,4,9-17H2,1-3H3,(H,28,32). The molecule has 34 heavy (non-hydrogen) atoms. The number of amides is 1. The van der Waals surface area contributed by atoms with E-state index < -0.39 is 0 Å². The van der Waals surface area contributed by atoms with Crippen molar-refractivity contribution >= 4 is 17.7 Å². The van der Waals surface area contributed by atoms with Gasteiger partial charge in [-0.25, -0.2) is 0 Å². The van der Waals surface area contributed by atoms with Gasteiger partial charge in [-0.1, -0.05) is 44.7 Å². The van der Waals surface area contributed by atoms with Gasteiger partial charge in [0.05, 0.1) is 5.75 Å². The maximum absolute atomic E-state index is 13.0. The van der Waals surface area contributed by atoms with Crippen LogP contribution in [0.3, 0.4) is 0 Å². The Balaban J connectivity index is 1.20. The Kier molecular flexibility index (Phi) is 6.92. The van der Waals surface area contributed by atoms with Gasteiger partial charge < -0.3 is 14.6 Å². The number of hydrogen-bond acceptors (Lipinski definition) is 5. The number of carbonyl (C=O) groups is 1. The molecular formula is C27H38N4O2S. The highest BCUT2D eigenvalue weighted by Gasteiger charge is 2.51. The lowest BCUT2D eigenvalue weighted by Crippen LogP contribution is -2.60. The number of aromatic nitrogens is 3. The molecule has 6 rings (SSSR count). The summed E-state index contributed by atoms with van der Waals surface area (Å²) in [6, 6.07) is 8.20. The summed E-state index contributed by atoms with van der Waals surface area (Å²) in [7, 11) is 0. The van der Waals surface area contributed by atoms with E-state index in [1.165, 1.54) is 55.9 Å². The number of aryl methyl sites for hydroxylation is 1. The van der Waals surface area contributed by atoms with Gasteiger partial charge in [0.2, 0.25) is 5.91 Å². The highest BCUT2D eigenvalue weighted by molar-refractivity contribution is 7.99. The van der Waals surface area contributed by atoms with Crippen molar-refractivity contribution in [2.45, 2.75) is 89.6 Å². The maximum atomic E-state index is 13.0. The first-order valence-electron chi connectivity index (χ1n) is 13.0. The molecule has 4 aliphatic carbocycles. The van der Waals surface area contributed by atoms with E-state index in [4.69, 9.17) is 4.74 Å². The zero-order valence-electron chi connectivity index (χ0n) is 20.8. The summed E-state index contributed by atoms with van der Waals surface area (Å²) >= 11 is 1.49. The van der Waals surface area contributed by atoms with Crippen LogP contribution in [-0.4, -0.2) is 32.0 Å². The number of nitrogens with one attached hydrogen (secondary N) is 1. The predicted molar refractivity (Wildman–Crippen MR) is 135 cm³/mol. The third-order valence-electron chi connectivity index (χ3n) is 7.82. The summed E-state index contributed by atoms with van der Waals surface area (Å²) in [5.74, 6) is 5.09. The van der Waals surface area contributed by atoms with Crippen molar-refractivity contribution in [2.24, 2.45) is 23.7 Å². The van der Waals surface area contributed by atoms with Gasteiger partial charge in [-0.15, -0.1) is 10.2 Å². The minimum atomic E-state index is 0.0598. The Hall–Kier alpha value is -2.02. The molecule has 6 nitrogen and oxygen atoms in total. The highest BCUT2D eigenvalue weighted by Crippen LogP contribution is 2.55. The van der Waals surface area contributed by atoms with Crippen molar-refractivity contribution < 1.29 is 9.53 Å². The topological polar surface area (TPSA) is 69.0 Å². The van der Waals surface area contributed by atoms with E-state index in [9.17, 15) is 4.79 Å². The molecule has 0 spiro atoms. The summed E-state index contributed by atoms with van der Waals surface area (Å²) in [5.41, 5.74) is 1.35. The first-order valence-corrected chi connectivity index (χ1v) is 14.0. The molecule has 0 aliphatic heterocycles. The Bertz CT molecular complexity index is 965. The lowest BCUT2D eigenvalue weighted by Gasteiger charge is -2.56. The summed E-state index contributed by atoms with van der Waals surface area (Å²) in [6.07, 6.45) is 8.71. The summed E-state index contributed by atoms with van der Waals surface area (Å²) in [5, 5.41) is 13.1. The van der Waals surface area contributed by atoms with Crippen LogP contribution in [0.2, 0.25) is 0 Å². The van der Waals surface area contributed by atoms with E-state index in [2.05, 4.69) is 53.0 Å². The van der Waals surface area contributed by atoms with Crippen LogP contribution >= 0.6 is 11.8 Å². The number of nitrogens with zero attached hydrogens (tertiary/aromatic N) is 3. The first-order chi connectivity index (χ1) is 16.4. The minimum absolute atomic E-state index is 0.0598. The Morgan fingerprint density at radius 2 is 1.76 bits per heavy atom. The summed E-state index contributed by atoms with van der Waals surface area (Å²) in [6.45, 7) is 7.68. The molecule has 1 aromatic heterocycles. The second-order valence-corrected chi connectivity index (χ2v) is 12.2. The van der Waals surface area contributed by atoms with Crippen LogP contribution in [0.5, 0.6) is 5.75 Å². The van der Waals surface area contributed by atoms with Gasteiger partial charge in [0.15, 0.2) is 11.0 Å². The molecule has 4 saturated carbocycles. The molecule has 2 aromatic rings. The molecule has 0 unspecified atom stereocenters. The normalized spacial score (nSPS) is 27.4. The van der Waals surface area contributed by atoms with Gasteiger partial charge in [-0.2, -0.15) is 0 Å². The second-order valence-electron chi connectivity index (χ2n) is 11.2. The minimum Gasteiger partial charge on any atom is -0.486 e. The van der Waals surface area contributed by atoms with E-state index in [-0.39, 0.29) is 11.4 Å². The molecule has 0 radical (unpaired) electrons. The zero-order chi connectivity index (χ0) is 23.7. The SMILES string of the molecule is CCc1ccc(OCc2nnc(SCC(=O)NC34CC5CC(CC(C5)C3)C4)n2CC(C)C)cc1. The monoisotopic (exact) mass is 482 g/mol. The summed E-state index contributed by atoms with van der Waals surface area (Å²) in [4.78, 5) is 13.0. The molecule has 1 heterocycles. The van der Waals surface area contributed by atoms with Gasteiger partial charge >= 0.3 is 0 Å². The van der Waals surface area contributed by atoms with Gasteiger partial charge in [-0.05, 0) is 86.3 Å². The van der Waals surface area contributed by atoms with Crippen LogP contribution in [0.1, 0.15) is 70.7 Å². The van der Waals surface area contributed by atoms with Gasteiger partial charge in [0.25, 0.3) is 0 Å². The molecule has 4 bridgehead atoms. The lowest BCUT2D eigenvalue weighted by molar-refractivity contribution is -0.124. The van der Waals surface area contributed by atoms with Crippen LogP contribution in [0, 0.1) is 23.7 Å². The van der Waals surface area contributed by atoms with Crippen molar-refractivity contribution in [2.75, 3.05) is 5.75 Å². The average molecular weight is 483 g/mol. The molecule has 0 atom stereocenters. The lowest BCUT2D eigenvalue weighted by atomic mass is 9.53. The average Bonchev–Trinajstić information content (AvgIpc) is 3.16. The fraction of sp³-hybridized carbons (Fsp3) is 0.667. The molecule has 184 valence electrons. The Labute approximate surface area is 207 Å². The largest absolute Gasteiger partial charge is 0.486 e. The van der Waals surface area contributed by atoms with Crippen LogP contribution < -0.4 is 10.1 Å².